The lowest BCUT2D eigenvalue weighted by atomic mass is 10.1. The molecule has 12 heavy (non-hydrogen) atoms. The predicted molar refractivity (Wildman–Crippen MR) is 44.1 cm³/mol. The van der Waals surface area contributed by atoms with Gasteiger partial charge in [-0.2, -0.15) is 0 Å². The zero-order chi connectivity index (χ0) is 9.14. The summed E-state index contributed by atoms with van der Waals surface area (Å²) in [6.45, 7) is 3.39. The van der Waals surface area contributed by atoms with Gasteiger partial charge in [-0.3, -0.25) is 9.69 Å². The minimum Gasteiger partial charge on any atom is -0.480 e. The average molecular weight is 173 g/mol. The molecule has 0 aliphatic carbocycles. The Morgan fingerprint density at radius 3 is 2.67 bits per heavy atom. The van der Waals surface area contributed by atoms with Crippen LogP contribution in [0.25, 0.3) is 0 Å². The molecule has 0 aromatic heterocycles. The Morgan fingerprint density at radius 2 is 2.33 bits per heavy atom. The van der Waals surface area contributed by atoms with E-state index in [-0.39, 0.29) is 12.1 Å². The zero-order valence-corrected chi connectivity index (χ0v) is 7.49. The van der Waals surface area contributed by atoms with E-state index < -0.39 is 5.97 Å². The Balaban J connectivity index is 2.34. The molecule has 0 spiro atoms. The van der Waals surface area contributed by atoms with Crippen LogP contribution < -0.4 is 0 Å². The highest BCUT2D eigenvalue weighted by Gasteiger charge is 2.34. The Morgan fingerprint density at radius 1 is 1.75 bits per heavy atom. The third-order valence-corrected chi connectivity index (χ3v) is 2.32. The van der Waals surface area contributed by atoms with Gasteiger partial charge in [0, 0.05) is 20.2 Å². The number of methoxy groups -OCH3 is 1. The van der Waals surface area contributed by atoms with Crippen LogP contribution in [0.3, 0.4) is 0 Å². The van der Waals surface area contributed by atoms with Crippen LogP contribution in [0.4, 0.5) is 0 Å². The molecule has 1 fully saturated rings. The van der Waals surface area contributed by atoms with Gasteiger partial charge in [0.05, 0.1) is 6.10 Å². The number of hydrogen-bond donors (Lipinski definition) is 1. The van der Waals surface area contributed by atoms with Crippen molar-refractivity contribution in [3.63, 3.8) is 0 Å². The number of likely N-dealkylation sites (tertiary alicyclic amines) is 1. The molecule has 1 N–H and O–H groups in total. The van der Waals surface area contributed by atoms with Crippen molar-refractivity contribution >= 4 is 5.97 Å². The quantitative estimate of drug-likeness (QED) is 0.659. The van der Waals surface area contributed by atoms with Crippen LogP contribution in [-0.2, 0) is 9.53 Å². The highest BCUT2D eigenvalue weighted by Crippen LogP contribution is 2.16. The van der Waals surface area contributed by atoms with E-state index in [4.69, 9.17) is 9.84 Å². The molecule has 0 saturated carbocycles. The topological polar surface area (TPSA) is 49.8 Å². The molecule has 0 aromatic rings. The van der Waals surface area contributed by atoms with Crippen LogP contribution in [-0.4, -0.2) is 48.3 Å². The summed E-state index contributed by atoms with van der Waals surface area (Å²) in [5, 5.41) is 8.79. The largest absolute Gasteiger partial charge is 0.480 e. The number of nitrogens with zero attached hydrogens (tertiary/aromatic N) is 1. The number of ether oxygens (including phenoxy) is 1. The summed E-state index contributed by atoms with van der Waals surface area (Å²) < 4.78 is 5.06. The Hall–Kier alpha value is -0.610. The molecule has 0 unspecified atom stereocenters. The summed E-state index contributed by atoms with van der Waals surface area (Å²) in [6.07, 6.45) is 0.893. The minimum absolute atomic E-state index is 0.235. The van der Waals surface area contributed by atoms with Crippen LogP contribution in [0, 0.1) is 0 Å². The van der Waals surface area contributed by atoms with Crippen molar-refractivity contribution in [1.82, 2.24) is 4.90 Å². The Kier molecular flexibility index (Phi) is 3.05. The fourth-order valence-corrected chi connectivity index (χ4v) is 1.46. The Bertz CT molecular complexity index is 166. The maximum absolute atomic E-state index is 10.7. The first-order chi connectivity index (χ1) is 5.69. The molecule has 1 atom stereocenters. The van der Waals surface area contributed by atoms with Gasteiger partial charge in [0.1, 0.15) is 6.04 Å². The molecule has 4 heteroatoms. The van der Waals surface area contributed by atoms with E-state index in [1.165, 1.54) is 0 Å². The van der Waals surface area contributed by atoms with Crippen molar-refractivity contribution in [3.05, 3.63) is 0 Å². The molecule has 70 valence electrons. The van der Waals surface area contributed by atoms with Crippen molar-refractivity contribution in [1.29, 1.82) is 0 Å². The van der Waals surface area contributed by atoms with Gasteiger partial charge in [-0.25, -0.2) is 0 Å². The number of rotatable bonds is 4. The fourth-order valence-electron chi connectivity index (χ4n) is 1.46. The first-order valence-electron chi connectivity index (χ1n) is 4.18. The second kappa shape index (κ2) is 3.87. The van der Waals surface area contributed by atoms with E-state index in [0.29, 0.717) is 6.42 Å². The second-order valence-corrected chi connectivity index (χ2v) is 3.07. The van der Waals surface area contributed by atoms with Gasteiger partial charge in [0.25, 0.3) is 0 Å². The summed E-state index contributed by atoms with van der Waals surface area (Å²) in [6, 6.07) is -0.323. The van der Waals surface area contributed by atoms with Gasteiger partial charge in [0.15, 0.2) is 0 Å². The van der Waals surface area contributed by atoms with Crippen molar-refractivity contribution in [2.24, 2.45) is 0 Å². The van der Waals surface area contributed by atoms with Crippen LogP contribution in [0.1, 0.15) is 13.3 Å². The SMILES string of the molecule is CC[C@@H](C(=O)O)N1CC(OC)C1. The lowest BCUT2D eigenvalue weighted by Gasteiger charge is -2.41. The van der Waals surface area contributed by atoms with E-state index in [1.807, 2.05) is 11.8 Å². The van der Waals surface area contributed by atoms with Crippen molar-refractivity contribution < 1.29 is 14.6 Å². The van der Waals surface area contributed by atoms with Gasteiger partial charge < -0.3 is 9.84 Å². The molecule has 1 aliphatic rings. The van der Waals surface area contributed by atoms with Crippen LogP contribution in [0.2, 0.25) is 0 Å². The lowest BCUT2D eigenvalue weighted by molar-refractivity contribution is -0.149. The lowest BCUT2D eigenvalue weighted by Crippen LogP contribution is -2.58. The zero-order valence-electron chi connectivity index (χ0n) is 7.49. The maximum atomic E-state index is 10.7. The molecule has 1 saturated heterocycles. The molecule has 0 radical (unpaired) electrons. The molecule has 0 amide bonds. The third-order valence-electron chi connectivity index (χ3n) is 2.32. The summed E-state index contributed by atoms with van der Waals surface area (Å²) in [7, 11) is 1.66. The second-order valence-electron chi connectivity index (χ2n) is 3.07. The molecule has 0 bridgehead atoms. The highest BCUT2D eigenvalue weighted by molar-refractivity contribution is 5.73. The monoisotopic (exact) mass is 173 g/mol. The van der Waals surface area contributed by atoms with E-state index in [9.17, 15) is 4.79 Å². The Labute approximate surface area is 72.1 Å². The van der Waals surface area contributed by atoms with E-state index >= 15 is 0 Å². The average Bonchev–Trinajstić information content (AvgIpc) is 1.94. The molecule has 1 heterocycles. The normalized spacial score (nSPS) is 21.8. The van der Waals surface area contributed by atoms with Gasteiger partial charge in [0.2, 0.25) is 0 Å². The number of carboxylic acid groups (broad SMARTS) is 1. The van der Waals surface area contributed by atoms with Crippen LogP contribution in [0.5, 0.6) is 0 Å². The maximum Gasteiger partial charge on any atom is 0.320 e. The summed E-state index contributed by atoms with van der Waals surface area (Å²) >= 11 is 0. The van der Waals surface area contributed by atoms with Crippen LogP contribution in [0.15, 0.2) is 0 Å². The summed E-state index contributed by atoms with van der Waals surface area (Å²) in [4.78, 5) is 12.6. The predicted octanol–water partition coefficient (Wildman–Crippen LogP) is 0.180. The first-order valence-corrected chi connectivity index (χ1v) is 4.18. The molecule has 0 aromatic carbocycles. The van der Waals surface area contributed by atoms with Gasteiger partial charge in [-0.15, -0.1) is 0 Å². The molecule has 4 nitrogen and oxygen atoms in total. The molecular weight excluding hydrogens is 158 g/mol. The van der Waals surface area contributed by atoms with Gasteiger partial charge in [-0.05, 0) is 6.42 Å². The van der Waals surface area contributed by atoms with E-state index in [1.54, 1.807) is 7.11 Å². The van der Waals surface area contributed by atoms with Crippen LogP contribution >= 0.6 is 0 Å². The fraction of sp³-hybridized carbons (Fsp3) is 0.875. The molecule has 1 aliphatic heterocycles. The number of hydrogen-bond acceptors (Lipinski definition) is 3. The first kappa shape index (κ1) is 9.48. The van der Waals surface area contributed by atoms with E-state index in [2.05, 4.69) is 0 Å². The van der Waals surface area contributed by atoms with E-state index in [0.717, 1.165) is 13.1 Å². The van der Waals surface area contributed by atoms with Crippen molar-refractivity contribution in [2.75, 3.05) is 20.2 Å². The van der Waals surface area contributed by atoms with Gasteiger partial charge in [-0.1, -0.05) is 6.92 Å². The van der Waals surface area contributed by atoms with Crippen molar-refractivity contribution in [2.45, 2.75) is 25.5 Å². The minimum atomic E-state index is -0.730. The molecular formula is C8H15NO3. The highest BCUT2D eigenvalue weighted by atomic mass is 16.5. The molecule has 1 rings (SSSR count). The van der Waals surface area contributed by atoms with Crippen molar-refractivity contribution in [3.8, 4) is 0 Å². The summed E-state index contributed by atoms with van der Waals surface area (Å²) in [5.41, 5.74) is 0. The third kappa shape index (κ3) is 1.76. The number of carboxylic acids is 1. The number of aliphatic carboxylic acids is 1. The van der Waals surface area contributed by atoms with Gasteiger partial charge >= 0.3 is 5.97 Å². The smallest absolute Gasteiger partial charge is 0.320 e. The number of carbonyl (C=O) groups is 1. The summed E-state index contributed by atoms with van der Waals surface area (Å²) in [5.74, 6) is -0.730. The standard InChI is InChI=1S/C8H15NO3/c1-3-7(8(10)11)9-4-6(5-9)12-2/h6-7H,3-5H2,1-2H3,(H,10,11)/t7-/m0/s1.